The molecule has 1 heterocycles. The second-order valence-electron chi connectivity index (χ2n) is 4.92. The van der Waals surface area contributed by atoms with Gasteiger partial charge in [-0.3, -0.25) is 9.59 Å². The van der Waals surface area contributed by atoms with Crippen LogP contribution in [0.3, 0.4) is 0 Å². The highest BCUT2D eigenvalue weighted by atomic mass is 16.6. The third-order valence-electron chi connectivity index (χ3n) is 3.23. The predicted octanol–water partition coefficient (Wildman–Crippen LogP) is 1.54. The zero-order valence-electron chi connectivity index (χ0n) is 12.2. The Kier molecular flexibility index (Phi) is 5.11. The van der Waals surface area contributed by atoms with Crippen molar-refractivity contribution in [2.75, 3.05) is 13.2 Å². The van der Waals surface area contributed by atoms with Crippen LogP contribution >= 0.6 is 0 Å². The van der Waals surface area contributed by atoms with Crippen LogP contribution in [0.25, 0.3) is 5.57 Å². The third-order valence-corrected chi connectivity index (χ3v) is 3.23. The maximum absolute atomic E-state index is 11.3. The average Bonchev–Trinajstić information content (AvgIpc) is 2.46. The quantitative estimate of drug-likeness (QED) is 0.852. The van der Waals surface area contributed by atoms with Crippen molar-refractivity contribution in [1.29, 1.82) is 0 Å². The molecule has 0 saturated heterocycles. The summed E-state index contributed by atoms with van der Waals surface area (Å²) in [7, 11) is 0. The van der Waals surface area contributed by atoms with Crippen LogP contribution in [0, 0.1) is 0 Å². The first-order chi connectivity index (χ1) is 10.1. The molecule has 0 unspecified atom stereocenters. The smallest absolute Gasteiger partial charge is 0.303 e. The summed E-state index contributed by atoms with van der Waals surface area (Å²) in [6, 6.07) is 9.65. The van der Waals surface area contributed by atoms with Gasteiger partial charge in [-0.25, -0.2) is 0 Å². The van der Waals surface area contributed by atoms with Gasteiger partial charge in [-0.05, 0) is 17.2 Å². The summed E-state index contributed by atoms with van der Waals surface area (Å²) in [5.74, 6) is -0.712. The SMILES string of the molecule is CC(=O)OC[C@H]1NCC(c2ccccc2)=C[C@@H]1OC(C)=O. The number of esters is 2. The molecule has 1 aliphatic heterocycles. The number of rotatable bonds is 4. The molecule has 0 spiro atoms. The molecule has 5 nitrogen and oxygen atoms in total. The van der Waals surface area contributed by atoms with Crippen molar-refractivity contribution in [3.8, 4) is 0 Å². The van der Waals surface area contributed by atoms with Crippen molar-refractivity contribution in [2.45, 2.75) is 26.0 Å². The lowest BCUT2D eigenvalue weighted by Gasteiger charge is -2.30. The fraction of sp³-hybridized carbons (Fsp3) is 0.375. The monoisotopic (exact) mass is 289 g/mol. The van der Waals surface area contributed by atoms with Crippen LogP contribution in [0.15, 0.2) is 36.4 Å². The van der Waals surface area contributed by atoms with E-state index in [2.05, 4.69) is 5.32 Å². The molecule has 0 saturated carbocycles. The lowest BCUT2D eigenvalue weighted by Crippen LogP contribution is -2.48. The van der Waals surface area contributed by atoms with Gasteiger partial charge in [0.2, 0.25) is 0 Å². The van der Waals surface area contributed by atoms with Crippen molar-refractivity contribution < 1.29 is 19.1 Å². The molecule has 0 aliphatic carbocycles. The minimum atomic E-state index is -0.453. The maximum Gasteiger partial charge on any atom is 0.303 e. The average molecular weight is 289 g/mol. The molecule has 5 heteroatoms. The molecule has 0 fully saturated rings. The van der Waals surface area contributed by atoms with Gasteiger partial charge in [-0.1, -0.05) is 30.3 Å². The third kappa shape index (κ3) is 4.43. The van der Waals surface area contributed by atoms with Gasteiger partial charge < -0.3 is 14.8 Å². The Hall–Kier alpha value is -2.14. The molecule has 0 aromatic heterocycles. The van der Waals surface area contributed by atoms with E-state index in [1.165, 1.54) is 13.8 Å². The number of hydrogen-bond donors (Lipinski definition) is 1. The normalized spacial score (nSPS) is 21.3. The van der Waals surface area contributed by atoms with Gasteiger partial charge in [0.15, 0.2) is 0 Å². The Morgan fingerprint density at radius 2 is 1.90 bits per heavy atom. The maximum atomic E-state index is 11.3. The summed E-state index contributed by atoms with van der Waals surface area (Å²) < 4.78 is 10.3. The fourth-order valence-electron chi connectivity index (χ4n) is 2.25. The van der Waals surface area contributed by atoms with E-state index in [0.717, 1.165) is 11.1 Å². The zero-order valence-corrected chi connectivity index (χ0v) is 12.2. The summed E-state index contributed by atoms with van der Waals surface area (Å²) in [5, 5.41) is 3.26. The summed E-state index contributed by atoms with van der Waals surface area (Å²) >= 11 is 0. The minimum Gasteiger partial charge on any atom is -0.464 e. The van der Waals surface area contributed by atoms with Gasteiger partial charge in [0.25, 0.3) is 0 Å². The second-order valence-corrected chi connectivity index (χ2v) is 4.92. The van der Waals surface area contributed by atoms with E-state index in [0.29, 0.717) is 6.54 Å². The zero-order chi connectivity index (χ0) is 15.2. The minimum absolute atomic E-state index is 0.172. The second kappa shape index (κ2) is 7.04. The van der Waals surface area contributed by atoms with E-state index in [-0.39, 0.29) is 24.6 Å². The largest absolute Gasteiger partial charge is 0.464 e. The van der Waals surface area contributed by atoms with E-state index in [1.807, 2.05) is 36.4 Å². The Morgan fingerprint density at radius 1 is 1.19 bits per heavy atom. The number of carbonyl (C=O) groups is 2. The summed E-state index contributed by atoms with van der Waals surface area (Å²) in [5.41, 5.74) is 2.13. The number of nitrogens with one attached hydrogen (secondary N) is 1. The molecular weight excluding hydrogens is 270 g/mol. The van der Waals surface area contributed by atoms with Gasteiger partial charge in [0, 0.05) is 20.4 Å². The van der Waals surface area contributed by atoms with Gasteiger partial charge in [0.1, 0.15) is 12.7 Å². The lowest BCUT2D eigenvalue weighted by atomic mass is 9.97. The first-order valence-electron chi connectivity index (χ1n) is 6.86. The van der Waals surface area contributed by atoms with Gasteiger partial charge in [0.05, 0.1) is 6.04 Å². The molecule has 1 aromatic rings. The molecule has 0 amide bonds. The van der Waals surface area contributed by atoms with Crippen molar-refractivity contribution in [3.63, 3.8) is 0 Å². The molecule has 0 radical (unpaired) electrons. The first kappa shape index (κ1) is 15.3. The van der Waals surface area contributed by atoms with Crippen LogP contribution in [0.1, 0.15) is 19.4 Å². The topological polar surface area (TPSA) is 64.6 Å². The Balaban J connectivity index is 2.15. The molecule has 2 rings (SSSR count). The molecule has 1 N–H and O–H groups in total. The fourth-order valence-corrected chi connectivity index (χ4v) is 2.25. The van der Waals surface area contributed by atoms with Crippen molar-refractivity contribution in [3.05, 3.63) is 42.0 Å². The van der Waals surface area contributed by atoms with Crippen LogP contribution in [0.5, 0.6) is 0 Å². The highest BCUT2D eigenvalue weighted by Crippen LogP contribution is 2.20. The number of ether oxygens (including phenoxy) is 2. The van der Waals surface area contributed by atoms with Gasteiger partial charge >= 0.3 is 11.9 Å². The highest BCUT2D eigenvalue weighted by molar-refractivity contribution is 5.71. The van der Waals surface area contributed by atoms with Gasteiger partial charge in [-0.15, -0.1) is 0 Å². The number of hydrogen-bond acceptors (Lipinski definition) is 5. The molecule has 1 aliphatic rings. The summed E-state index contributed by atoms with van der Waals surface area (Å²) in [4.78, 5) is 22.2. The lowest BCUT2D eigenvalue weighted by molar-refractivity contribution is -0.148. The number of carbonyl (C=O) groups excluding carboxylic acids is 2. The first-order valence-corrected chi connectivity index (χ1v) is 6.86. The van der Waals surface area contributed by atoms with Crippen LogP contribution < -0.4 is 5.32 Å². The highest BCUT2D eigenvalue weighted by Gasteiger charge is 2.28. The van der Waals surface area contributed by atoms with Crippen LogP contribution in [-0.4, -0.2) is 37.2 Å². The number of benzene rings is 1. The molecule has 1 aromatic carbocycles. The van der Waals surface area contributed by atoms with Crippen molar-refractivity contribution in [2.24, 2.45) is 0 Å². The Morgan fingerprint density at radius 3 is 2.52 bits per heavy atom. The molecular formula is C16H19NO4. The van der Waals surface area contributed by atoms with Crippen LogP contribution in [0.2, 0.25) is 0 Å². The van der Waals surface area contributed by atoms with Crippen LogP contribution in [0.4, 0.5) is 0 Å². The van der Waals surface area contributed by atoms with E-state index >= 15 is 0 Å². The molecule has 112 valence electrons. The van der Waals surface area contributed by atoms with E-state index in [4.69, 9.17) is 9.47 Å². The van der Waals surface area contributed by atoms with Crippen molar-refractivity contribution in [1.82, 2.24) is 5.32 Å². The van der Waals surface area contributed by atoms with Crippen LogP contribution in [-0.2, 0) is 19.1 Å². The molecule has 21 heavy (non-hydrogen) atoms. The molecule has 0 bridgehead atoms. The summed E-state index contributed by atoms with van der Waals surface area (Å²) in [6.45, 7) is 3.53. The molecule has 2 atom stereocenters. The summed E-state index contributed by atoms with van der Waals surface area (Å²) in [6.07, 6.45) is 1.47. The van der Waals surface area contributed by atoms with Gasteiger partial charge in [-0.2, -0.15) is 0 Å². The standard InChI is InChI=1S/C16H19NO4/c1-11(18)20-10-15-16(21-12(2)19)8-14(9-17-15)13-6-4-3-5-7-13/h3-8,15-17H,9-10H2,1-2H3/t15-,16+/m1/s1. The van der Waals surface area contributed by atoms with E-state index < -0.39 is 6.10 Å². The Bertz CT molecular complexity index is 538. The van der Waals surface area contributed by atoms with Crippen molar-refractivity contribution >= 4 is 17.5 Å². The van der Waals surface area contributed by atoms with E-state index in [1.54, 1.807) is 0 Å². The predicted molar refractivity (Wildman–Crippen MR) is 78.4 cm³/mol. The van der Waals surface area contributed by atoms with E-state index in [9.17, 15) is 9.59 Å². The Labute approximate surface area is 123 Å².